The maximum Gasteiger partial charge on any atom is 0.151 e. The molecule has 0 amide bonds. The number of hydrogen-bond donors (Lipinski definition) is 0. The van der Waals surface area contributed by atoms with Crippen molar-refractivity contribution in [2.24, 2.45) is 0 Å². The first-order chi connectivity index (χ1) is 12.1. The Hall–Kier alpha value is -1.79. The Bertz CT molecular complexity index is 707. The monoisotopic (exact) mass is 358 g/mol. The summed E-state index contributed by atoms with van der Waals surface area (Å²) in [5.41, 5.74) is 1.85. The van der Waals surface area contributed by atoms with Gasteiger partial charge in [0.2, 0.25) is 0 Å². The van der Waals surface area contributed by atoms with Crippen LogP contribution in [0.25, 0.3) is 11.3 Å². The maximum atomic E-state index is 11.8. The van der Waals surface area contributed by atoms with E-state index in [1.165, 1.54) is 0 Å². The molecule has 0 saturated carbocycles. The molecule has 1 aliphatic rings. The molecule has 25 heavy (non-hydrogen) atoms. The summed E-state index contributed by atoms with van der Waals surface area (Å²) in [4.78, 5) is 5.64. The molecule has 6 heteroatoms. The van der Waals surface area contributed by atoms with Crippen LogP contribution < -0.4 is 4.90 Å². The molecule has 1 saturated heterocycles. The number of rotatable bonds is 5. The lowest BCUT2D eigenvalue weighted by atomic mass is 10.1. The summed E-state index contributed by atoms with van der Waals surface area (Å²) in [5.74, 6) is 1.58. The summed E-state index contributed by atoms with van der Waals surface area (Å²) in [6.07, 6.45) is 0. The first-order valence-corrected chi connectivity index (χ1v) is 10.2. The van der Waals surface area contributed by atoms with E-state index in [9.17, 15) is 4.21 Å². The van der Waals surface area contributed by atoms with Gasteiger partial charge in [-0.1, -0.05) is 19.1 Å². The van der Waals surface area contributed by atoms with E-state index in [0.717, 1.165) is 48.1 Å². The van der Waals surface area contributed by atoms with Crippen LogP contribution in [0.5, 0.6) is 0 Å². The SMILES string of the molecule is CCS(=O)c1ccc(-c2ccc(N3CCN(C(C)C)CC3)nn2)cc1. The second kappa shape index (κ2) is 8.06. The van der Waals surface area contributed by atoms with E-state index < -0.39 is 10.8 Å². The van der Waals surface area contributed by atoms with E-state index in [2.05, 4.69) is 33.8 Å². The number of anilines is 1. The Morgan fingerprint density at radius 1 is 1.00 bits per heavy atom. The zero-order valence-corrected chi connectivity index (χ0v) is 16.0. The summed E-state index contributed by atoms with van der Waals surface area (Å²) < 4.78 is 11.8. The highest BCUT2D eigenvalue weighted by atomic mass is 32.2. The van der Waals surface area contributed by atoms with E-state index in [0.29, 0.717) is 11.8 Å². The lowest BCUT2D eigenvalue weighted by Gasteiger charge is -2.37. The highest BCUT2D eigenvalue weighted by Crippen LogP contribution is 2.21. The van der Waals surface area contributed by atoms with Crippen LogP contribution in [-0.4, -0.2) is 57.3 Å². The van der Waals surface area contributed by atoms with E-state index in [1.54, 1.807) is 0 Å². The summed E-state index contributed by atoms with van der Waals surface area (Å²) in [6.45, 7) is 10.5. The Balaban J connectivity index is 1.67. The third-order valence-corrected chi connectivity index (χ3v) is 6.02. The van der Waals surface area contributed by atoms with Gasteiger partial charge in [-0.25, -0.2) is 0 Å². The lowest BCUT2D eigenvalue weighted by molar-refractivity contribution is 0.209. The van der Waals surface area contributed by atoms with Crippen molar-refractivity contribution in [3.63, 3.8) is 0 Å². The molecular formula is C19H26N4OS. The van der Waals surface area contributed by atoms with Gasteiger partial charge in [0, 0.05) is 48.4 Å². The number of hydrogen-bond acceptors (Lipinski definition) is 5. The Morgan fingerprint density at radius 3 is 2.20 bits per heavy atom. The topological polar surface area (TPSA) is 49.3 Å². The fourth-order valence-corrected chi connectivity index (χ4v) is 3.83. The van der Waals surface area contributed by atoms with Gasteiger partial charge in [0.15, 0.2) is 5.82 Å². The molecule has 1 fully saturated rings. The standard InChI is InChI=1S/C19H26N4OS/c1-4-25(24)17-7-5-16(6-8-17)18-9-10-19(21-20-18)23-13-11-22(12-14-23)15(2)3/h5-10,15H,4,11-14H2,1-3H3. The van der Waals surface area contributed by atoms with Gasteiger partial charge in [-0.2, -0.15) is 0 Å². The maximum absolute atomic E-state index is 11.8. The minimum Gasteiger partial charge on any atom is -0.353 e. The fraction of sp³-hybridized carbons (Fsp3) is 0.474. The molecule has 0 aliphatic carbocycles. The Kier molecular flexibility index (Phi) is 5.81. The van der Waals surface area contributed by atoms with Crippen LogP contribution >= 0.6 is 0 Å². The fourth-order valence-electron chi connectivity index (χ4n) is 3.06. The number of piperazine rings is 1. The average Bonchev–Trinajstić information content (AvgIpc) is 2.67. The van der Waals surface area contributed by atoms with Crippen LogP contribution in [0.15, 0.2) is 41.3 Å². The molecule has 3 rings (SSSR count). The Labute approximate surface area is 152 Å². The van der Waals surface area contributed by atoms with Crippen molar-refractivity contribution < 1.29 is 4.21 Å². The van der Waals surface area contributed by atoms with E-state index >= 15 is 0 Å². The summed E-state index contributed by atoms with van der Waals surface area (Å²) >= 11 is 0. The van der Waals surface area contributed by atoms with Crippen molar-refractivity contribution in [3.05, 3.63) is 36.4 Å². The molecule has 1 aliphatic heterocycles. The van der Waals surface area contributed by atoms with E-state index in [1.807, 2.05) is 43.3 Å². The quantitative estimate of drug-likeness (QED) is 0.823. The number of aromatic nitrogens is 2. The normalized spacial score (nSPS) is 17.0. The highest BCUT2D eigenvalue weighted by Gasteiger charge is 2.20. The van der Waals surface area contributed by atoms with Crippen LogP contribution in [-0.2, 0) is 10.8 Å². The molecule has 2 heterocycles. The second-order valence-corrected chi connectivity index (χ2v) is 8.29. The van der Waals surface area contributed by atoms with E-state index in [4.69, 9.17) is 0 Å². The van der Waals surface area contributed by atoms with Gasteiger partial charge >= 0.3 is 0 Å². The van der Waals surface area contributed by atoms with Gasteiger partial charge in [0.05, 0.1) is 16.5 Å². The molecule has 134 valence electrons. The highest BCUT2D eigenvalue weighted by molar-refractivity contribution is 7.85. The summed E-state index contributed by atoms with van der Waals surface area (Å²) in [7, 11) is -0.915. The first kappa shape index (κ1) is 18.0. The van der Waals surface area contributed by atoms with Crippen LogP contribution in [0.3, 0.4) is 0 Å². The molecule has 1 aromatic carbocycles. The van der Waals surface area contributed by atoms with Crippen LogP contribution in [0, 0.1) is 0 Å². The lowest BCUT2D eigenvalue weighted by Crippen LogP contribution is -2.49. The first-order valence-electron chi connectivity index (χ1n) is 8.90. The van der Waals surface area contributed by atoms with Crippen LogP contribution in [0.1, 0.15) is 20.8 Å². The third kappa shape index (κ3) is 4.25. The van der Waals surface area contributed by atoms with Gasteiger partial charge in [-0.3, -0.25) is 9.11 Å². The van der Waals surface area contributed by atoms with Gasteiger partial charge in [0.1, 0.15) is 0 Å². The van der Waals surface area contributed by atoms with Gasteiger partial charge in [-0.05, 0) is 38.1 Å². The van der Waals surface area contributed by atoms with Crippen LogP contribution in [0.4, 0.5) is 5.82 Å². The predicted octanol–water partition coefficient (Wildman–Crippen LogP) is 2.80. The summed E-state index contributed by atoms with van der Waals surface area (Å²) in [5, 5.41) is 8.81. The van der Waals surface area contributed by atoms with Crippen molar-refractivity contribution in [2.75, 3.05) is 36.8 Å². The minimum atomic E-state index is -0.915. The minimum absolute atomic E-state index is 0.598. The van der Waals surface area contributed by atoms with Crippen molar-refractivity contribution >= 4 is 16.6 Å². The third-order valence-electron chi connectivity index (χ3n) is 4.69. The number of nitrogens with zero attached hydrogens (tertiary/aromatic N) is 4. The van der Waals surface area contributed by atoms with Crippen LogP contribution in [0.2, 0.25) is 0 Å². The molecule has 0 bridgehead atoms. The largest absolute Gasteiger partial charge is 0.353 e. The van der Waals surface area contributed by atoms with Gasteiger partial charge in [0.25, 0.3) is 0 Å². The zero-order valence-electron chi connectivity index (χ0n) is 15.2. The predicted molar refractivity (Wildman–Crippen MR) is 103 cm³/mol. The molecule has 0 radical (unpaired) electrons. The van der Waals surface area contributed by atoms with Gasteiger partial charge in [-0.15, -0.1) is 10.2 Å². The van der Waals surface area contributed by atoms with Gasteiger partial charge < -0.3 is 4.90 Å². The molecule has 1 unspecified atom stereocenters. The van der Waals surface area contributed by atoms with Crippen molar-refractivity contribution in [1.82, 2.24) is 15.1 Å². The molecule has 0 spiro atoms. The van der Waals surface area contributed by atoms with Crippen molar-refractivity contribution in [3.8, 4) is 11.3 Å². The smallest absolute Gasteiger partial charge is 0.151 e. The summed E-state index contributed by atoms with van der Waals surface area (Å²) in [6, 6.07) is 12.4. The molecule has 1 aromatic heterocycles. The average molecular weight is 359 g/mol. The Morgan fingerprint density at radius 2 is 1.68 bits per heavy atom. The molecule has 1 atom stereocenters. The molecular weight excluding hydrogens is 332 g/mol. The number of benzene rings is 1. The molecule has 2 aromatic rings. The van der Waals surface area contributed by atoms with Crippen molar-refractivity contribution in [2.45, 2.75) is 31.7 Å². The molecule has 5 nitrogen and oxygen atoms in total. The molecule has 0 N–H and O–H groups in total. The zero-order chi connectivity index (χ0) is 17.8. The van der Waals surface area contributed by atoms with E-state index in [-0.39, 0.29) is 0 Å². The van der Waals surface area contributed by atoms with Crippen molar-refractivity contribution in [1.29, 1.82) is 0 Å². The second-order valence-electron chi connectivity index (χ2n) is 6.55.